The molecule has 2 heterocycles. The number of nitrogens with one attached hydrogen (secondary N) is 2. The number of hydrogen-bond donors (Lipinski definition) is 2. The summed E-state index contributed by atoms with van der Waals surface area (Å²) in [7, 11) is 1.88. The van der Waals surface area contributed by atoms with Crippen LogP contribution >= 0.6 is 0 Å². The van der Waals surface area contributed by atoms with Gasteiger partial charge in [-0.2, -0.15) is 0 Å². The zero-order valence-corrected chi connectivity index (χ0v) is 10.4. The zero-order valence-electron chi connectivity index (χ0n) is 10.4. The van der Waals surface area contributed by atoms with Gasteiger partial charge in [-0.05, 0) is 25.1 Å². The Labute approximate surface area is 106 Å². The highest BCUT2D eigenvalue weighted by molar-refractivity contribution is 5.98. The quantitative estimate of drug-likeness (QED) is 0.841. The van der Waals surface area contributed by atoms with Gasteiger partial charge < -0.3 is 15.2 Å². The number of amides is 1. The first kappa shape index (κ1) is 11.3. The first-order chi connectivity index (χ1) is 8.75. The van der Waals surface area contributed by atoms with Gasteiger partial charge in [0, 0.05) is 30.5 Å². The van der Waals surface area contributed by atoms with Gasteiger partial charge in [-0.15, -0.1) is 0 Å². The Kier molecular flexibility index (Phi) is 2.80. The molecule has 18 heavy (non-hydrogen) atoms. The number of para-hydroxylation sites is 1. The maximum absolute atomic E-state index is 12.4. The fourth-order valence-corrected chi connectivity index (χ4v) is 2.51. The number of aromatic amines is 1. The Morgan fingerprint density at radius 1 is 1.39 bits per heavy atom. The summed E-state index contributed by atoms with van der Waals surface area (Å²) in [5.74, 6) is 0.0694. The van der Waals surface area contributed by atoms with Gasteiger partial charge in [-0.25, -0.2) is 0 Å². The van der Waals surface area contributed by atoms with Crippen molar-refractivity contribution in [3.05, 3.63) is 36.0 Å². The van der Waals surface area contributed by atoms with E-state index in [0.29, 0.717) is 11.7 Å². The predicted octanol–water partition coefficient (Wildman–Crippen LogP) is 1.60. The minimum absolute atomic E-state index is 0.0694. The lowest BCUT2D eigenvalue weighted by Gasteiger charge is -2.23. The van der Waals surface area contributed by atoms with Crippen LogP contribution in [0.5, 0.6) is 0 Å². The summed E-state index contributed by atoms with van der Waals surface area (Å²) in [6, 6.07) is 10.2. The molecule has 1 unspecified atom stereocenters. The number of benzene rings is 1. The SMILES string of the molecule is CN(C(=O)c1cc2ccccc2[nH]1)C1CCNC1. The average Bonchev–Trinajstić information content (AvgIpc) is 3.05. The van der Waals surface area contributed by atoms with Crippen molar-refractivity contribution in [1.82, 2.24) is 15.2 Å². The molecule has 3 rings (SSSR count). The maximum Gasteiger partial charge on any atom is 0.270 e. The summed E-state index contributed by atoms with van der Waals surface area (Å²) in [6.45, 7) is 1.89. The number of likely N-dealkylation sites (N-methyl/N-ethyl adjacent to an activating group) is 1. The van der Waals surface area contributed by atoms with E-state index in [1.54, 1.807) is 0 Å². The molecule has 0 bridgehead atoms. The van der Waals surface area contributed by atoms with Gasteiger partial charge in [0.1, 0.15) is 5.69 Å². The highest BCUT2D eigenvalue weighted by atomic mass is 16.2. The van der Waals surface area contributed by atoms with Crippen LogP contribution in [0.25, 0.3) is 10.9 Å². The predicted molar refractivity (Wildman–Crippen MR) is 71.7 cm³/mol. The lowest BCUT2D eigenvalue weighted by molar-refractivity contribution is 0.0739. The molecule has 94 valence electrons. The van der Waals surface area contributed by atoms with Crippen molar-refractivity contribution >= 4 is 16.8 Å². The molecule has 1 atom stereocenters. The van der Waals surface area contributed by atoms with E-state index in [-0.39, 0.29) is 5.91 Å². The number of nitrogens with zero attached hydrogens (tertiary/aromatic N) is 1. The highest BCUT2D eigenvalue weighted by Gasteiger charge is 2.24. The van der Waals surface area contributed by atoms with Gasteiger partial charge in [-0.3, -0.25) is 4.79 Å². The van der Waals surface area contributed by atoms with Gasteiger partial charge >= 0.3 is 0 Å². The van der Waals surface area contributed by atoms with E-state index in [4.69, 9.17) is 0 Å². The smallest absolute Gasteiger partial charge is 0.270 e. The number of carbonyl (C=O) groups excluding carboxylic acids is 1. The number of hydrogen-bond acceptors (Lipinski definition) is 2. The third-order valence-electron chi connectivity index (χ3n) is 3.66. The third kappa shape index (κ3) is 1.88. The van der Waals surface area contributed by atoms with Crippen molar-refractivity contribution in [3.63, 3.8) is 0 Å². The van der Waals surface area contributed by atoms with Crippen LogP contribution in [0.2, 0.25) is 0 Å². The van der Waals surface area contributed by atoms with Crippen molar-refractivity contribution in [2.75, 3.05) is 20.1 Å². The molecule has 2 aromatic rings. The Balaban J connectivity index is 1.86. The summed E-state index contributed by atoms with van der Waals surface area (Å²) in [4.78, 5) is 17.4. The number of carbonyl (C=O) groups is 1. The summed E-state index contributed by atoms with van der Waals surface area (Å²) in [6.07, 6.45) is 1.03. The van der Waals surface area contributed by atoms with Gasteiger partial charge in [0.05, 0.1) is 0 Å². The van der Waals surface area contributed by atoms with Crippen LogP contribution < -0.4 is 5.32 Å². The van der Waals surface area contributed by atoms with Crippen LogP contribution in [0.1, 0.15) is 16.9 Å². The van der Waals surface area contributed by atoms with Gasteiger partial charge in [0.15, 0.2) is 0 Å². The van der Waals surface area contributed by atoms with E-state index in [2.05, 4.69) is 10.3 Å². The van der Waals surface area contributed by atoms with Crippen molar-refractivity contribution in [3.8, 4) is 0 Å². The molecule has 1 saturated heterocycles. The molecule has 2 N–H and O–H groups in total. The molecule has 4 nitrogen and oxygen atoms in total. The molecule has 0 spiro atoms. The lowest BCUT2D eigenvalue weighted by atomic mass is 10.2. The molecule has 1 amide bonds. The fourth-order valence-electron chi connectivity index (χ4n) is 2.51. The second-order valence-corrected chi connectivity index (χ2v) is 4.83. The summed E-state index contributed by atoms with van der Waals surface area (Å²) < 4.78 is 0. The van der Waals surface area contributed by atoms with E-state index in [0.717, 1.165) is 30.4 Å². The average molecular weight is 243 g/mol. The van der Waals surface area contributed by atoms with Crippen LogP contribution in [0, 0.1) is 0 Å². The topological polar surface area (TPSA) is 48.1 Å². The molecule has 1 aliphatic heterocycles. The van der Waals surface area contributed by atoms with Crippen molar-refractivity contribution in [2.24, 2.45) is 0 Å². The van der Waals surface area contributed by atoms with Gasteiger partial charge in [-0.1, -0.05) is 18.2 Å². The molecule has 0 aliphatic carbocycles. The minimum atomic E-state index is 0.0694. The van der Waals surface area contributed by atoms with Crippen molar-refractivity contribution < 1.29 is 4.79 Å². The first-order valence-corrected chi connectivity index (χ1v) is 6.31. The van der Waals surface area contributed by atoms with E-state index in [9.17, 15) is 4.79 Å². The second-order valence-electron chi connectivity index (χ2n) is 4.83. The fraction of sp³-hybridized carbons (Fsp3) is 0.357. The summed E-state index contributed by atoms with van der Waals surface area (Å²) in [5, 5.41) is 4.36. The Hall–Kier alpha value is -1.81. The Morgan fingerprint density at radius 3 is 2.94 bits per heavy atom. The molecule has 4 heteroatoms. The van der Waals surface area contributed by atoms with Gasteiger partial charge in [0.25, 0.3) is 5.91 Å². The zero-order chi connectivity index (χ0) is 12.5. The van der Waals surface area contributed by atoms with E-state index in [1.807, 2.05) is 42.3 Å². The largest absolute Gasteiger partial charge is 0.351 e. The molecule has 0 radical (unpaired) electrons. The van der Waals surface area contributed by atoms with Crippen LogP contribution in [0.15, 0.2) is 30.3 Å². The van der Waals surface area contributed by atoms with Crippen LogP contribution in [-0.2, 0) is 0 Å². The summed E-state index contributed by atoms with van der Waals surface area (Å²) in [5.41, 5.74) is 1.68. The maximum atomic E-state index is 12.4. The molecule has 1 aromatic carbocycles. The van der Waals surface area contributed by atoms with Crippen molar-refractivity contribution in [2.45, 2.75) is 12.5 Å². The number of fused-ring (bicyclic) bond motifs is 1. The monoisotopic (exact) mass is 243 g/mol. The Bertz CT molecular complexity index is 536. The van der Waals surface area contributed by atoms with E-state index < -0.39 is 0 Å². The Morgan fingerprint density at radius 2 is 2.22 bits per heavy atom. The second kappa shape index (κ2) is 4.46. The number of rotatable bonds is 2. The molecular weight excluding hydrogens is 226 g/mol. The summed E-state index contributed by atoms with van der Waals surface area (Å²) >= 11 is 0. The van der Waals surface area contributed by atoms with Crippen LogP contribution in [0.3, 0.4) is 0 Å². The standard InChI is InChI=1S/C14H17N3O/c1-17(11-6-7-15-9-11)14(18)13-8-10-4-2-3-5-12(10)16-13/h2-5,8,11,15-16H,6-7,9H2,1H3. The lowest BCUT2D eigenvalue weighted by Crippen LogP contribution is -2.38. The molecule has 0 saturated carbocycles. The molecule has 1 aromatic heterocycles. The minimum Gasteiger partial charge on any atom is -0.351 e. The van der Waals surface area contributed by atoms with E-state index in [1.165, 1.54) is 0 Å². The van der Waals surface area contributed by atoms with Gasteiger partial charge in [0.2, 0.25) is 0 Å². The van der Waals surface area contributed by atoms with Crippen LogP contribution in [0.4, 0.5) is 0 Å². The third-order valence-corrected chi connectivity index (χ3v) is 3.66. The number of aromatic nitrogens is 1. The normalized spacial score (nSPS) is 19.3. The molecule has 1 fully saturated rings. The highest BCUT2D eigenvalue weighted by Crippen LogP contribution is 2.17. The molecule has 1 aliphatic rings. The van der Waals surface area contributed by atoms with Crippen molar-refractivity contribution in [1.29, 1.82) is 0 Å². The van der Waals surface area contributed by atoms with Crippen LogP contribution in [-0.4, -0.2) is 42.0 Å². The molecular formula is C14H17N3O. The van der Waals surface area contributed by atoms with E-state index >= 15 is 0 Å². The number of H-pyrrole nitrogens is 1. The first-order valence-electron chi connectivity index (χ1n) is 6.31.